The maximum atomic E-state index is 12.5. The Morgan fingerprint density at radius 3 is 2.38 bits per heavy atom. The zero-order valence-electron chi connectivity index (χ0n) is 14.8. The number of hydrogen-bond donors (Lipinski definition) is 2. The lowest BCUT2D eigenvalue weighted by Gasteiger charge is -2.09. The normalized spacial score (nSPS) is 11.8. The molecule has 0 bridgehead atoms. The Balaban J connectivity index is 2.05. The van der Waals surface area contributed by atoms with E-state index in [0.717, 1.165) is 11.1 Å². The summed E-state index contributed by atoms with van der Waals surface area (Å²) in [5, 5.41) is 10.3. The average molecular weight is 372 g/mol. The Morgan fingerprint density at radius 2 is 1.77 bits per heavy atom. The van der Waals surface area contributed by atoms with Crippen LogP contribution in [0, 0.1) is 13.8 Å². The predicted octanol–water partition coefficient (Wildman–Crippen LogP) is 2.50. The van der Waals surface area contributed by atoms with Crippen LogP contribution in [0.5, 0.6) is 5.75 Å². The van der Waals surface area contributed by atoms with Gasteiger partial charge in [-0.3, -0.25) is 4.79 Å². The summed E-state index contributed by atoms with van der Waals surface area (Å²) in [7, 11) is -3.06. The first-order chi connectivity index (χ1) is 12.1. The summed E-state index contributed by atoms with van der Waals surface area (Å²) in [6.07, 6.45) is 1.54. The van der Waals surface area contributed by atoms with Crippen LogP contribution in [0.3, 0.4) is 0 Å². The molecule has 2 N–H and O–H groups in total. The van der Waals surface area contributed by atoms with Crippen LogP contribution in [0.25, 0.3) is 22.3 Å². The van der Waals surface area contributed by atoms with Crippen molar-refractivity contribution in [2.45, 2.75) is 20.3 Å². The highest BCUT2D eigenvalue weighted by Crippen LogP contribution is 2.27. The van der Waals surface area contributed by atoms with Crippen LogP contribution < -0.4 is 5.56 Å². The second-order valence-corrected chi connectivity index (χ2v) is 8.86. The topological polar surface area (TPSA) is 100 Å². The molecule has 6 nitrogen and oxygen atoms in total. The van der Waals surface area contributed by atoms with E-state index in [2.05, 4.69) is 9.97 Å². The quantitative estimate of drug-likeness (QED) is 0.733. The van der Waals surface area contributed by atoms with Gasteiger partial charge in [-0.05, 0) is 61.2 Å². The molecular formula is C19H20N2O4S. The van der Waals surface area contributed by atoms with Crippen molar-refractivity contribution in [1.29, 1.82) is 0 Å². The van der Waals surface area contributed by atoms with Crippen LogP contribution >= 0.6 is 0 Å². The monoisotopic (exact) mass is 372 g/mol. The van der Waals surface area contributed by atoms with Gasteiger partial charge in [0.25, 0.3) is 5.56 Å². The van der Waals surface area contributed by atoms with Crippen molar-refractivity contribution in [2.24, 2.45) is 0 Å². The van der Waals surface area contributed by atoms with Crippen molar-refractivity contribution >= 4 is 20.7 Å². The number of aromatic amines is 1. The van der Waals surface area contributed by atoms with Gasteiger partial charge in [-0.15, -0.1) is 0 Å². The lowest BCUT2D eigenvalue weighted by atomic mass is 10.0. The molecule has 0 aliphatic heterocycles. The van der Waals surface area contributed by atoms with Crippen molar-refractivity contribution in [3.8, 4) is 17.1 Å². The van der Waals surface area contributed by atoms with Gasteiger partial charge in [0.1, 0.15) is 21.4 Å². The van der Waals surface area contributed by atoms with Gasteiger partial charge >= 0.3 is 0 Å². The lowest BCUT2D eigenvalue weighted by molar-refractivity contribution is 0.467. The summed E-state index contributed by atoms with van der Waals surface area (Å²) in [5.74, 6) is 0.693. The highest BCUT2D eigenvalue weighted by molar-refractivity contribution is 7.90. The Hall–Kier alpha value is -2.67. The van der Waals surface area contributed by atoms with Gasteiger partial charge in [0.2, 0.25) is 0 Å². The average Bonchev–Trinajstić information content (AvgIpc) is 2.56. The number of rotatable bonds is 4. The standard InChI is InChI=1S/C19H20N2O4S/c1-11-8-14(9-12(2)17(11)22)18-20-16-5-4-13(6-7-26(3,24)25)10-15(16)19(23)21-18/h4-5,8-10,22H,6-7H2,1-3H3,(H,20,21,23). The Kier molecular flexibility index (Phi) is 4.58. The number of phenolic OH excluding ortho intramolecular Hbond substituents is 1. The molecule has 2 aromatic carbocycles. The first-order valence-corrected chi connectivity index (χ1v) is 10.2. The third kappa shape index (κ3) is 3.77. The summed E-state index contributed by atoms with van der Waals surface area (Å²) in [6.45, 7) is 3.58. The number of H-pyrrole nitrogens is 1. The van der Waals surface area contributed by atoms with Crippen LogP contribution in [0.2, 0.25) is 0 Å². The van der Waals surface area contributed by atoms with Crippen molar-refractivity contribution in [3.63, 3.8) is 0 Å². The van der Waals surface area contributed by atoms with Crippen LogP contribution in [0.15, 0.2) is 35.1 Å². The molecule has 136 valence electrons. The third-order valence-electron chi connectivity index (χ3n) is 4.30. The van der Waals surface area contributed by atoms with Crippen LogP contribution in [0.1, 0.15) is 16.7 Å². The summed E-state index contributed by atoms with van der Waals surface area (Å²) < 4.78 is 22.6. The zero-order valence-corrected chi connectivity index (χ0v) is 15.6. The Labute approximate surface area is 151 Å². The van der Waals surface area contributed by atoms with Crippen LogP contribution in [-0.2, 0) is 16.3 Å². The number of phenols is 1. The molecule has 0 saturated carbocycles. The molecule has 0 fully saturated rings. The largest absolute Gasteiger partial charge is 0.507 e. The molecule has 0 radical (unpaired) electrons. The molecule has 0 saturated heterocycles. The fraction of sp³-hybridized carbons (Fsp3) is 0.263. The SMILES string of the molecule is Cc1cc(-c2nc3ccc(CCS(C)(=O)=O)cc3c(=O)[nH]2)cc(C)c1O. The van der Waals surface area contributed by atoms with E-state index in [0.29, 0.717) is 34.3 Å². The minimum atomic E-state index is -3.06. The van der Waals surface area contributed by atoms with E-state index in [4.69, 9.17) is 0 Å². The highest BCUT2D eigenvalue weighted by atomic mass is 32.2. The fourth-order valence-corrected chi connectivity index (χ4v) is 3.48. The molecule has 0 amide bonds. The molecule has 7 heteroatoms. The van der Waals surface area contributed by atoms with E-state index in [-0.39, 0.29) is 17.1 Å². The molecule has 3 aromatic rings. The van der Waals surface area contributed by atoms with E-state index in [1.807, 2.05) is 0 Å². The lowest BCUT2D eigenvalue weighted by Crippen LogP contribution is -2.11. The summed E-state index contributed by atoms with van der Waals surface area (Å²) in [5.41, 5.74) is 3.17. The second-order valence-electron chi connectivity index (χ2n) is 6.60. The number of sulfone groups is 1. The van der Waals surface area contributed by atoms with Crippen molar-refractivity contribution in [2.75, 3.05) is 12.0 Å². The predicted molar refractivity (Wildman–Crippen MR) is 102 cm³/mol. The Bertz CT molecular complexity index is 1140. The number of aromatic hydroxyl groups is 1. The maximum Gasteiger partial charge on any atom is 0.259 e. The molecular weight excluding hydrogens is 352 g/mol. The Morgan fingerprint density at radius 1 is 1.12 bits per heavy atom. The van der Waals surface area contributed by atoms with Crippen molar-refractivity contribution in [1.82, 2.24) is 9.97 Å². The highest BCUT2D eigenvalue weighted by Gasteiger charge is 2.11. The number of aryl methyl sites for hydroxylation is 3. The van der Waals surface area contributed by atoms with E-state index >= 15 is 0 Å². The first-order valence-electron chi connectivity index (χ1n) is 8.15. The number of nitrogens with one attached hydrogen (secondary N) is 1. The minimum Gasteiger partial charge on any atom is -0.507 e. The van der Waals surface area contributed by atoms with Gasteiger partial charge in [0.15, 0.2) is 0 Å². The number of hydrogen-bond acceptors (Lipinski definition) is 5. The van der Waals surface area contributed by atoms with Gasteiger partial charge < -0.3 is 10.1 Å². The second kappa shape index (κ2) is 6.57. The number of aromatic nitrogens is 2. The summed E-state index contributed by atoms with van der Waals surface area (Å²) >= 11 is 0. The van der Waals surface area contributed by atoms with Gasteiger partial charge in [-0.1, -0.05) is 6.07 Å². The molecule has 1 heterocycles. The molecule has 1 aromatic heterocycles. The van der Waals surface area contributed by atoms with Crippen molar-refractivity contribution in [3.05, 3.63) is 57.4 Å². The first kappa shape index (κ1) is 18.1. The van der Waals surface area contributed by atoms with E-state index in [1.54, 1.807) is 44.2 Å². The van der Waals surface area contributed by atoms with Gasteiger partial charge in [-0.25, -0.2) is 13.4 Å². The zero-order chi connectivity index (χ0) is 19.1. The van der Waals surface area contributed by atoms with E-state index in [9.17, 15) is 18.3 Å². The van der Waals surface area contributed by atoms with Gasteiger partial charge in [-0.2, -0.15) is 0 Å². The molecule has 0 aliphatic rings. The third-order valence-corrected chi connectivity index (χ3v) is 5.24. The van der Waals surface area contributed by atoms with Crippen molar-refractivity contribution < 1.29 is 13.5 Å². The summed E-state index contributed by atoms with van der Waals surface area (Å²) in [6, 6.07) is 8.74. The van der Waals surface area contributed by atoms with Crippen LogP contribution in [-0.4, -0.2) is 35.5 Å². The van der Waals surface area contributed by atoms with E-state index < -0.39 is 9.84 Å². The number of benzene rings is 2. The molecule has 26 heavy (non-hydrogen) atoms. The molecule has 0 atom stereocenters. The molecule has 0 spiro atoms. The number of fused-ring (bicyclic) bond motifs is 1. The van der Waals surface area contributed by atoms with Gasteiger partial charge in [0.05, 0.1) is 16.7 Å². The van der Waals surface area contributed by atoms with E-state index in [1.165, 1.54) is 6.26 Å². The summed E-state index contributed by atoms with van der Waals surface area (Å²) in [4.78, 5) is 19.8. The number of nitrogens with zero attached hydrogens (tertiary/aromatic N) is 1. The maximum absolute atomic E-state index is 12.5. The molecule has 3 rings (SSSR count). The van der Waals surface area contributed by atoms with Gasteiger partial charge in [0, 0.05) is 11.8 Å². The van der Waals surface area contributed by atoms with Crippen LogP contribution in [0.4, 0.5) is 0 Å². The fourth-order valence-electron chi connectivity index (χ4n) is 2.87. The molecule has 0 unspecified atom stereocenters. The smallest absolute Gasteiger partial charge is 0.259 e. The molecule has 0 aliphatic carbocycles. The minimum absolute atomic E-state index is 0.0357.